The Kier molecular flexibility index (Phi) is 4.56. The van der Waals surface area contributed by atoms with Crippen molar-refractivity contribution in [2.24, 2.45) is 5.73 Å². The molecule has 2 unspecified atom stereocenters. The van der Waals surface area contributed by atoms with Gasteiger partial charge in [0.15, 0.2) is 0 Å². The van der Waals surface area contributed by atoms with Crippen LogP contribution in [0.5, 0.6) is 0 Å². The van der Waals surface area contributed by atoms with Gasteiger partial charge in [-0.3, -0.25) is 9.69 Å². The van der Waals surface area contributed by atoms with Crippen molar-refractivity contribution in [2.45, 2.75) is 25.4 Å². The summed E-state index contributed by atoms with van der Waals surface area (Å²) in [5, 5.41) is 0. The maximum Gasteiger partial charge on any atom is 0.241 e. The molecule has 0 radical (unpaired) electrons. The van der Waals surface area contributed by atoms with E-state index in [0.29, 0.717) is 6.54 Å². The zero-order valence-corrected chi connectivity index (χ0v) is 11.7. The molecule has 0 aromatic heterocycles. The number of hydrogen-bond acceptors (Lipinski definition) is 3. The van der Waals surface area contributed by atoms with Gasteiger partial charge in [0.2, 0.25) is 5.91 Å². The molecule has 4 heteroatoms. The minimum atomic E-state index is -0.160. The average molecular weight is 261 g/mol. The van der Waals surface area contributed by atoms with Gasteiger partial charge in [0.25, 0.3) is 0 Å². The Morgan fingerprint density at radius 3 is 2.63 bits per heavy atom. The molecule has 0 saturated carbocycles. The molecule has 1 heterocycles. The van der Waals surface area contributed by atoms with Crippen molar-refractivity contribution in [1.29, 1.82) is 0 Å². The smallest absolute Gasteiger partial charge is 0.241 e. The van der Waals surface area contributed by atoms with Crippen molar-refractivity contribution in [3.63, 3.8) is 0 Å². The summed E-state index contributed by atoms with van der Waals surface area (Å²) in [6.45, 7) is 4.16. The van der Waals surface area contributed by atoms with E-state index in [4.69, 9.17) is 5.73 Å². The number of benzene rings is 1. The molecule has 0 aliphatic carbocycles. The van der Waals surface area contributed by atoms with Crippen molar-refractivity contribution in [3.8, 4) is 0 Å². The fourth-order valence-corrected chi connectivity index (χ4v) is 2.75. The van der Waals surface area contributed by atoms with Crippen LogP contribution in [0.25, 0.3) is 0 Å². The van der Waals surface area contributed by atoms with Crippen LogP contribution in [0.4, 0.5) is 0 Å². The molecule has 2 atom stereocenters. The lowest BCUT2D eigenvalue weighted by molar-refractivity contribution is -0.143. The predicted molar refractivity (Wildman–Crippen MR) is 76.8 cm³/mol. The quantitative estimate of drug-likeness (QED) is 0.869. The summed E-state index contributed by atoms with van der Waals surface area (Å²) in [6, 6.07) is 10.4. The predicted octanol–water partition coefficient (Wildman–Crippen LogP) is 0.719. The summed E-state index contributed by atoms with van der Waals surface area (Å²) < 4.78 is 0. The molecule has 1 fully saturated rings. The van der Waals surface area contributed by atoms with E-state index in [2.05, 4.69) is 24.0 Å². The highest BCUT2D eigenvalue weighted by molar-refractivity contribution is 5.83. The number of piperazine rings is 1. The molecule has 19 heavy (non-hydrogen) atoms. The topological polar surface area (TPSA) is 49.6 Å². The molecule has 1 saturated heterocycles. The molecule has 104 valence electrons. The van der Waals surface area contributed by atoms with E-state index in [1.807, 2.05) is 30.1 Å². The highest BCUT2D eigenvalue weighted by atomic mass is 16.2. The summed E-state index contributed by atoms with van der Waals surface area (Å²) in [5.74, 6) is 0.166. The van der Waals surface area contributed by atoms with Gasteiger partial charge in [-0.05, 0) is 26.0 Å². The van der Waals surface area contributed by atoms with E-state index >= 15 is 0 Å². The number of hydrogen-bond donors (Lipinski definition) is 1. The molecule has 4 nitrogen and oxygen atoms in total. The number of nitrogens with two attached hydrogens (primary N) is 1. The van der Waals surface area contributed by atoms with Crippen LogP contribution in [0, 0.1) is 0 Å². The van der Waals surface area contributed by atoms with Gasteiger partial charge >= 0.3 is 0 Å². The van der Waals surface area contributed by atoms with Crippen LogP contribution in [0.2, 0.25) is 0 Å². The maximum absolute atomic E-state index is 12.4. The Labute approximate surface area is 115 Å². The van der Waals surface area contributed by atoms with Crippen LogP contribution in [-0.2, 0) is 11.2 Å². The largest absolute Gasteiger partial charge is 0.337 e. The van der Waals surface area contributed by atoms with Crippen molar-refractivity contribution in [2.75, 3.05) is 26.7 Å². The van der Waals surface area contributed by atoms with Crippen LogP contribution in [0.3, 0.4) is 0 Å². The Morgan fingerprint density at radius 2 is 2.00 bits per heavy atom. The third-order valence-corrected chi connectivity index (χ3v) is 3.89. The van der Waals surface area contributed by atoms with Crippen LogP contribution < -0.4 is 5.73 Å². The molecule has 1 aliphatic heterocycles. The normalized spacial score (nSPS) is 24.8. The number of nitrogens with zero attached hydrogens (tertiary/aromatic N) is 2. The fourth-order valence-electron chi connectivity index (χ4n) is 2.75. The summed E-state index contributed by atoms with van der Waals surface area (Å²) in [6.07, 6.45) is 0.901. The third-order valence-electron chi connectivity index (χ3n) is 3.89. The van der Waals surface area contributed by atoms with Crippen LogP contribution in [-0.4, -0.2) is 54.5 Å². The molecule has 1 aliphatic rings. The molecule has 1 amide bonds. The monoisotopic (exact) mass is 261 g/mol. The lowest BCUT2D eigenvalue weighted by atomic mass is 10.1. The summed E-state index contributed by atoms with van der Waals surface area (Å²) in [4.78, 5) is 16.4. The molecule has 0 spiro atoms. The van der Waals surface area contributed by atoms with E-state index in [9.17, 15) is 4.79 Å². The minimum Gasteiger partial charge on any atom is -0.337 e. The highest BCUT2D eigenvalue weighted by Gasteiger charge is 2.35. The molecule has 0 bridgehead atoms. The Morgan fingerprint density at radius 1 is 1.32 bits per heavy atom. The van der Waals surface area contributed by atoms with Crippen molar-refractivity contribution >= 4 is 5.91 Å². The lowest BCUT2D eigenvalue weighted by Gasteiger charge is -2.42. The van der Waals surface area contributed by atoms with Crippen LogP contribution in [0.15, 0.2) is 30.3 Å². The minimum absolute atomic E-state index is 0.160. The number of rotatable bonds is 4. The number of likely N-dealkylation sites (N-methyl/N-ethyl adjacent to an activating group) is 1. The Hall–Kier alpha value is -1.39. The maximum atomic E-state index is 12.4. The average Bonchev–Trinajstić information content (AvgIpc) is 2.39. The summed E-state index contributed by atoms with van der Waals surface area (Å²) >= 11 is 0. The second kappa shape index (κ2) is 6.17. The molecule has 1 aromatic carbocycles. The first kappa shape index (κ1) is 14.0. The SMILES string of the molecule is CC1CN(C)C(CN)C(=O)N1CCc1ccccc1. The first-order valence-corrected chi connectivity index (χ1v) is 6.88. The van der Waals surface area contributed by atoms with E-state index in [0.717, 1.165) is 19.5 Å². The summed E-state index contributed by atoms with van der Waals surface area (Å²) in [5.41, 5.74) is 6.98. The van der Waals surface area contributed by atoms with Gasteiger partial charge in [0.1, 0.15) is 6.04 Å². The van der Waals surface area contributed by atoms with Gasteiger partial charge in [-0.1, -0.05) is 30.3 Å². The molecule has 2 N–H and O–H groups in total. The molecular formula is C15H23N3O. The highest BCUT2D eigenvalue weighted by Crippen LogP contribution is 2.15. The van der Waals surface area contributed by atoms with E-state index in [-0.39, 0.29) is 18.0 Å². The Bertz CT molecular complexity index is 421. The molecule has 2 rings (SSSR count). The number of carbonyl (C=O) groups is 1. The standard InChI is InChI=1S/C15H23N3O/c1-12-11-17(2)14(10-16)15(19)18(12)9-8-13-6-4-3-5-7-13/h3-7,12,14H,8-11,16H2,1-2H3. The van der Waals surface area contributed by atoms with Crippen molar-refractivity contribution < 1.29 is 4.79 Å². The number of carbonyl (C=O) groups excluding carboxylic acids is 1. The van der Waals surface area contributed by atoms with Gasteiger partial charge in [0.05, 0.1) is 0 Å². The fraction of sp³-hybridized carbons (Fsp3) is 0.533. The van der Waals surface area contributed by atoms with Gasteiger partial charge in [-0.15, -0.1) is 0 Å². The summed E-state index contributed by atoms with van der Waals surface area (Å²) in [7, 11) is 1.97. The van der Waals surface area contributed by atoms with E-state index in [1.165, 1.54) is 5.56 Å². The molecule has 1 aromatic rings. The second-order valence-electron chi connectivity index (χ2n) is 5.31. The zero-order chi connectivity index (χ0) is 13.8. The second-order valence-corrected chi connectivity index (χ2v) is 5.31. The van der Waals surface area contributed by atoms with Gasteiger partial charge in [-0.25, -0.2) is 0 Å². The molecular weight excluding hydrogens is 238 g/mol. The van der Waals surface area contributed by atoms with Gasteiger partial charge < -0.3 is 10.6 Å². The van der Waals surface area contributed by atoms with Crippen LogP contribution >= 0.6 is 0 Å². The Balaban J connectivity index is 2.00. The van der Waals surface area contributed by atoms with E-state index < -0.39 is 0 Å². The third kappa shape index (κ3) is 3.14. The first-order chi connectivity index (χ1) is 9.13. The van der Waals surface area contributed by atoms with Crippen molar-refractivity contribution in [3.05, 3.63) is 35.9 Å². The number of amides is 1. The van der Waals surface area contributed by atoms with E-state index in [1.54, 1.807) is 0 Å². The van der Waals surface area contributed by atoms with Crippen LogP contribution in [0.1, 0.15) is 12.5 Å². The van der Waals surface area contributed by atoms with Gasteiger partial charge in [-0.2, -0.15) is 0 Å². The van der Waals surface area contributed by atoms with Crippen molar-refractivity contribution in [1.82, 2.24) is 9.80 Å². The van der Waals surface area contributed by atoms with Gasteiger partial charge in [0, 0.05) is 25.7 Å². The zero-order valence-electron chi connectivity index (χ0n) is 11.7. The lowest BCUT2D eigenvalue weighted by Crippen LogP contribution is -2.62. The first-order valence-electron chi connectivity index (χ1n) is 6.88.